The lowest BCUT2D eigenvalue weighted by atomic mass is 10.2. The number of hydrogen-bond donors (Lipinski definition) is 1. The number of halogens is 1. The van der Waals surface area contributed by atoms with E-state index in [2.05, 4.69) is 22.1 Å². The van der Waals surface area contributed by atoms with E-state index in [9.17, 15) is 4.39 Å². The number of nitrogens with zero attached hydrogens (tertiary/aromatic N) is 1. The van der Waals surface area contributed by atoms with E-state index in [1.165, 1.54) is 6.07 Å². The van der Waals surface area contributed by atoms with Crippen molar-refractivity contribution in [2.75, 3.05) is 12.4 Å². The fourth-order valence-corrected chi connectivity index (χ4v) is 1.36. The van der Waals surface area contributed by atoms with Gasteiger partial charge in [-0.05, 0) is 18.2 Å². The highest BCUT2D eigenvalue weighted by Gasteiger charge is 2.00. The monoisotopic (exact) mass is 226 g/mol. The minimum Gasteiger partial charge on any atom is -0.371 e. The summed E-state index contributed by atoms with van der Waals surface area (Å²) in [6.45, 7) is 0. The third-order valence-electron chi connectivity index (χ3n) is 2.20. The molecule has 84 valence electrons. The van der Waals surface area contributed by atoms with Gasteiger partial charge in [-0.2, -0.15) is 0 Å². The Balaban J connectivity index is 2.26. The largest absolute Gasteiger partial charge is 0.371 e. The molecule has 0 atom stereocenters. The summed E-state index contributed by atoms with van der Waals surface area (Å²) in [4.78, 5) is 3.92. The van der Waals surface area contributed by atoms with Gasteiger partial charge in [0.15, 0.2) is 11.6 Å². The molecule has 1 aromatic carbocycles. The Morgan fingerprint density at radius 1 is 1.12 bits per heavy atom. The van der Waals surface area contributed by atoms with Gasteiger partial charge in [-0.1, -0.05) is 30.0 Å². The fourth-order valence-electron chi connectivity index (χ4n) is 1.36. The number of pyridine rings is 1. The third-order valence-corrected chi connectivity index (χ3v) is 2.20. The van der Waals surface area contributed by atoms with Gasteiger partial charge in [-0.15, -0.1) is 0 Å². The third kappa shape index (κ3) is 2.82. The van der Waals surface area contributed by atoms with Crippen LogP contribution in [0.3, 0.4) is 0 Å². The summed E-state index contributed by atoms with van der Waals surface area (Å²) in [6, 6.07) is 10.9. The second-order valence-electron chi connectivity index (χ2n) is 3.42. The first-order chi connectivity index (χ1) is 8.29. The van der Waals surface area contributed by atoms with E-state index in [1.54, 1.807) is 13.2 Å². The van der Waals surface area contributed by atoms with E-state index in [-0.39, 0.29) is 5.82 Å². The predicted octanol–water partition coefficient (Wildman–Crippen LogP) is 2.66. The van der Waals surface area contributed by atoms with Gasteiger partial charge in [0.2, 0.25) is 0 Å². The van der Waals surface area contributed by atoms with Gasteiger partial charge in [0, 0.05) is 24.4 Å². The van der Waals surface area contributed by atoms with Crippen LogP contribution in [0.15, 0.2) is 42.6 Å². The second-order valence-corrected chi connectivity index (χ2v) is 3.42. The molecular formula is C14H11FN2. The average Bonchev–Trinajstić information content (AvgIpc) is 2.38. The zero-order valence-electron chi connectivity index (χ0n) is 9.37. The van der Waals surface area contributed by atoms with Crippen molar-refractivity contribution >= 4 is 5.82 Å². The van der Waals surface area contributed by atoms with Gasteiger partial charge < -0.3 is 5.32 Å². The van der Waals surface area contributed by atoms with Gasteiger partial charge in [-0.25, -0.2) is 9.37 Å². The Labute approximate surface area is 99.5 Å². The first-order valence-electron chi connectivity index (χ1n) is 5.20. The van der Waals surface area contributed by atoms with Crippen LogP contribution in [0.5, 0.6) is 0 Å². The van der Waals surface area contributed by atoms with E-state index in [0.29, 0.717) is 5.56 Å². The van der Waals surface area contributed by atoms with Crippen molar-refractivity contribution in [3.63, 3.8) is 0 Å². The number of anilines is 1. The molecule has 0 aliphatic rings. The summed E-state index contributed by atoms with van der Waals surface area (Å²) >= 11 is 0. The summed E-state index contributed by atoms with van der Waals surface area (Å²) in [5.74, 6) is 5.66. The fraction of sp³-hybridized carbons (Fsp3) is 0.0714. The summed E-state index contributed by atoms with van der Waals surface area (Å²) in [5.41, 5.74) is 1.45. The number of nitrogens with one attached hydrogen (secondary N) is 1. The van der Waals surface area contributed by atoms with Gasteiger partial charge in [0.05, 0.1) is 0 Å². The maximum Gasteiger partial charge on any atom is 0.166 e. The maximum atomic E-state index is 13.4. The topological polar surface area (TPSA) is 24.9 Å². The number of rotatable bonds is 1. The molecule has 0 saturated carbocycles. The van der Waals surface area contributed by atoms with E-state index < -0.39 is 5.82 Å². The van der Waals surface area contributed by atoms with Crippen molar-refractivity contribution in [3.05, 3.63) is 59.5 Å². The Morgan fingerprint density at radius 3 is 2.47 bits per heavy atom. The van der Waals surface area contributed by atoms with Crippen LogP contribution in [-0.2, 0) is 0 Å². The molecule has 0 radical (unpaired) electrons. The SMILES string of the molecule is CNc1ncc(C#Cc2ccccc2)cc1F. The van der Waals surface area contributed by atoms with E-state index in [4.69, 9.17) is 0 Å². The van der Waals surface area contributed by atoms with Crippen molar-refractivity contribution in [1.29, 1.82) is 0 Å². The molecule has 0 fully saturated rings. The number of hydrogen-bond acceptors (Lipinski definition) is 2. The molecule has 0 amide bonds. The molecule has 0 bridgehead atoms. The minimum absolute atomic E-state index is 0.232. The Hall–Kier alpha value is -2.34. The van der Waals surface area contributed by atoms with Crippen LogP contribution >= 0.6 is 0 Å². The smallest absolute Gasteiger partial charge is 0.166 e. The van der Waals surface area contributed by atoms with Crippen molar-refractivity contribution < 1.29 is 4.39 Å². The average molecular weight is 226 g/mol. The molecule has 0 aliphatic carbocycles. The lowest BCUT2D eigenvalue weighted by Gasteiger charge is -1.99. The molecule has 2 nitrogen and oxygen atoms in total. The van der Waals surface area contributed by atoms with Crippen LogP contribution in [-0.4, -0.2) is 12.0 Å². The molecule has 3 heteroatoms. The zero-order valence-corrected chi connectivity index (χ0v) is 9.37. The maximum absolute atomic E-state index is 13.4. The number of aromatic nitrogens is 1. The van der Waals surface area contributed by atoms with Crippen LogP contribution in [0.1, 0.15) is 11.1 Å². The molecule has 17 heavy (non-hydrogen) atoms. The molecule has 2 aromatic rings. The van der Waals surface area contributed by atoms with Crippen LogP contribution in [0.25, 0.3) is 0 Å². The standard InChI is InChI=1S/C14H11FN2/c1-16-14-13(15)9-12(10-17-14)8-7-11-5-3-2-4-6-11/h2-6,9-10H,1H3,(H,16,17). The summed E-state index contributed by atoms with van der Waals surface area (Å²) < 4.78 is 13.4. The van der Waals surface area contributed by atoms with Gasteiger partial charge in [0.25, 0.3) is 0 Å². The molecule has 0 aliphatic heterocycles. The van der Waals surface area contributed by atoms with Crippen molar-refractivity contribution in [1.82, 2.24) is 4.98 Å². The number of benzene rings is 1. The van der Waals surface area contributed by atoms with Gasteiger partial charge in [0.1, 0.15) is 0 Å². The Morgan fingerprint density at radius 2 is 1.82 bits per heavy atom. The molecule has 1 heterocycles. The lowest BCUT2D eigenvalue weighted by Crippen LogP contribution is -1.96. The molecule has 2 rings (SSSR count). The van der Waals surface area contributed by atoms with Gasteiger partial charge in [-0.3, -0.25) is 0 Å². The highest BCUT2D eigenvalue weighted by Crippen LogP contribution is 2.10. The van der Waals surface area contributed by atoms with Crippen molar-refractivity contribution in [2.24, 2.45) is 0 Å². The quantitative estimate of drug-likeness (QED) is 0.756. The van der Waals surface area contributed by atoms with Crippen LogP contribution in [0.2, 0.25) is 0 Å². The Kier molecular flexibility index (Phi) is 3.37. The molecule has 0 spiro atoms. The first-order valence-corrected chi connectivity index (χ1v) is 5.20. The second kappa shape index (κ2) is 5.13. The van der Waals surface area contributed by atoms with Crippen LogP contribution in [0.4, 0.5) is 10.2 Å². The normalized spacial score (nSPS) is 9.29. The van der Waals surface area contributed by atoms with Crippen LogP contribution in [0, 0.1) is 17.7 Å². The molecule has 0 unspecified atom stereocenters. The van der Waals surface area contributed by atoms with E-state index in [0.717, 1.165) is 5.56 Å². The van der Waals surface area contributed by atoms with Crippen LogP contribution < -0.4 is 5.32 Å². The molecule has 1 N–H and O–H groups in total. The molecule has 1 aromatic heterocycles. The zero-order chi connectivity index (χ0) is 12.1. The van der Waals surface area contributed by atoms with E-state index >= 15 is 0 Å². The highest BCUT2D eigenvalue weighted by molar-refractivity contribution is 5.45. The minimum atomic E-state index is -0.396. The van der Waals surface area contributed by atoms with Crippen molar-refractivity contribution in [2.45, 2.75) is 0 Å². The Bertz CT molecular complexity index is 568. The van der Waals surface area contributed by atoms with Crippen molar-refractivity contribution in [3.8, 4) is 11.8 Å². The van der Waals surface area contributed by atoms with Gasteiger partial charge >= 0.3 is 0 Å². The predicted molar refractivity (Wildman–Crippen MR) is 66.2 cm³/mol. The summed E-state index contributed by atoms with van der Waals surface area (Å²) in [6.07, 6.45) is 1.55. The van der Waals surface area contributed by atoms with E-state index in [1.807, 2.05) is 30.3 Å². The first kappa shape index (κ1) is 11.2. The molecular weight excluding hydrogens is 215 g/mol. The lowest BCUT2D eigenvalue weighted by molar-refractivity contribution is 0.625. The molecule has 0 saturated heterocycles. The highest BCUT2D eigenvalue weighted by atomic mass is 19.1. The summed E-state index contributed by atoms with van der Waals surface area (Å²) in [5, 5.41) is 2.66. The summed E-state index contributed by atoms with van der Waals surface area (Å²) in [7, 11) is 1.63.